The van der Waals surface area contributed by atoms with E-state index >= 15 is 0 Å². The second kappa shape index (κ2) is 7.57. The van der Waals surface area contributed by atoms with E-state index in [4.69, 9.17) is 0 Å². The molecule has 23 heavy (non-hydrogen) atoms. The van der Waals surface area contributed by atoms with E-state index in [1.807, 2.05) is 37.1 Å². The number of aryl methyl sites for hydroxylation is 1. The minimum Gasteiger partial charge on any atom is -0.337 e. The van der Waals surface area contributed by atoms with E-state index in [2.05, 4.69) is 15.4 Å². The number of nitrogens with one attached hydrogen (secondary N) is 1. The normalized spacial score (nSPS) is 17.7. The SMILES string of the molecule is CNC1CCCN(C(=O)c2ccc(-n3cncn3)cc2C)C1.Cl. The number of aromatic nitrogens is 3. The molecule has 1 amide bonds. The van der Waals surface area contributed by atoms with E-state index in [9.17, 15) is 4.79 Å². The average molecular weight is 336 g/mol. The van der Waals surface area contributed by atoms with Crippen LogP contribution in [0.15, 0.2) is 30.9 Å². The van der Waals surface area contributed by atoms with E-state index in [1.165, 1.54) is 6.33 Å². The van der Waals surface area contributed by atoms with Crippen LogP contribution in [-0.2, 0) is 0 Å². The Kier molecular flexibility index (Phi) is 5.74. The summed E-state index contributed by atoms with van der Waals surface area (Å²) >= 11 is 0. The molecule has 1 aliphatic heterocycles. The van der Waals surface area contributed by atoms with Gasteiger partial charge < -0.3 is 10.2 Å². The molecule has 1 aromatic heterocycles. The van der Waals surface area contributed by atoms with Gasteiger partial charge in [0.15, 0.2) is 0 Å². The number of hydrogen-bond acceptors (Lipinski definition) is 4. The molecule has 2 heterocycles. The van der Waals surface area contributed by atoms with Crippen molar-refractivity contribution in [1.82, 2.24) is 25.0 Å². The minimum atomic E-state index is 0. The second-order valence-corrected chi connectivity index (χ2v) is 5.72. The van der Waals surface area contributed by atoms with Gasteiger partial charge in [-0.15, -0.1) is 12.4 Å². The lowest BCUT2D eigenvalue weighted by Crippen LogP contribution is -2.47. The van der Waals surface area contributed by atoms with Crippen molar-refractivity contribution in [2.75, 3.05) is 20.1 Å². The predicted octanol–water partition coefficient (Wildman–Crippen LogP) is 1.82. The van der Waals surface area contributed by atoms with Gasteiger partial charge in [0.1, 0.15) is 12.7 Å². The molecular weight excluding hydrogens is 314 g/mol. The van der Waals surface area contributed by atoms with Gasteiger partial charge in [-0.05, 0) is 50.6 Å². The van der Waals surface area contributed by atoms with Crippen molar-refractivity contribution < 1.29 is 4.79 Å². The standard InChI is InChI=1S/C16H21N5O.ClH/c1-12-8-14(21-11-18-10-19-21)5-6-15(12)16(22)20-7-3-4-13(9-20)17-2;/h5-6,8,10-11,13,17H,3-4,7,9H2,1-2H3;1H. The van der Waals surface area contributed by atoms with Gasteiger partial charge in [0.05, 0.1) is 5.69 Å². The summed E-state index contributed by atoms with van der Waals surface area (Å²) in [5.74, 6) is 0.114. The lowest BCUT2D eigenvalue weighted by molar-refractivity contribution is 0.0697. The van der Waals surface area contributed by atoms with Crippen LogP contribution in [0.3, 0.4) is 0 Å². The van der Waals surface area contributed by atoms with Crippen LogP contribution >= 0.6 is 12.4 Å². The first-order valence-corrected chi connectivity index (χ1v) is 7.61. The molecule has 1 aliphatic rings. The van der Waals surface area contributed by atoms with E-state index < -0.39 is 0 Å². The summed E-state index contributed by atoms with van der Waals surface area (Å²) in [6, 6.07) is 6.17. The summed E-state index contributed by atoms with van der Waals surface area (Å²) in [4.78, 5) is 18.6. The van der Waals surface area contributed by atoms with Crippen LogP contribution in [0.2, 0.25) is 0 Å². The Hall–Kier alpha value is -1.92. The molecule has 1 aromatic carbocycles. The number of piperidine rings is 1. The number of likely N-dealkylation sites (N-methyl/N-ethyl adjacent to an activating group) is 1. The zero-order chi connectivity index (χ0) is 15.5. The quantitative estimate of drug-likeness (QED) is 0.929. The summed E-state index contributed by atoms with van der Waals surface area (Å²) < 4.78 is 1.69. The number of likely N-dealkylation sites (tertiary alicyclic amines) is 1. The highest BCUT2D eigenvalue weighted by atomic mass is 35.5. The Morgan fingerprint density at radius 2 is 2.22 bits per heavy atom. The highest BCUT2D eigenvalue weighted by molar-refractivity contribution is 5.96. The number of benzene rings is 1. The summed E-state index contributed by atoms with van der Waals surface area (Å²) in [6.45, 7) is 3.58. The van der Waals surface area contributed by atoms with Gasteiger partial charge in [0.25, 0.3) is 5.91 Å². The smallest absolute Gasteiger partial charge is 0.254 e. The average Bonchev–Trinajstić information content (AvgIpc) is 3.08. The van der Waals surface area contributed by atoms with Crippen LogP contribution in [0, 0.1) is 6.92 Å². The van der Waals surface area contributed by atoms with Gasteiger partial charge in [-0.1, -0.05) is 0 Å². The Morgan fingerprint density at radius 3 is 2.87 bits per heavy atom. The molecule has 0 saturated carbocycles. The lowest BCUT2D eigenvalue weighted by Gasteiger charge is -2.33. The summed E-state index contributed by atoms with van der Waals surface area (Å²) in [7, 11) is 1.96. The Labute approximate surface area is 142 Å². The molecule has 3 rings (SSSR count). The van der Waals surface area contributed by atoms with Crippen molar-refractivity contribution in [3.63, 3.8) is 0 Å². The van der Waals surface area contributed by atoms with Crippen molar-refractivity contribution >= 4 is 18.3 Å². The maximum absolute atomic E-state index is 12.7. The predicted molar refractivity (Wildman–Crippen MR) is 91.3 cm³/mol. The second-order valence-electron chi connectivity index (χ2n) is 5.72. The zero-order valence-electron chi connectivity index (χ0n) is 13.4. The van der Waals surface area contributed by atoms with Crippen molar-refractivity contribution in [1.29, 1.82) is 0 Å². The molecule has 1 unspecified atom stereocenters. The number of rotatable bonds is 3. The molecule has 1 fully saturated rings. The molecule has 7 heteroatoms. The monoisotopic (exact) mass is 335 g/mol. The van der Waals surface area contributed by atoms with Crippen LogP contribution in [-0.4, -0.2) is 51.8 Å². The van der Waals surface area contributed by atoms with Crippen LogP contribution in [0.5, 0.6) is 0 Å². The first-order chi connectivity index (χ1) is 10.7. The van der Waals surface area contributed by atoms with Gasteiger partial charge in [-0.25, -0.2) is 9.67 Å². The van der Waals surface area contributed by atoms with E-state index in [0.29, 0.717) is 6.04 Å². The van der Waals surface area contributed by atoms with Crippen LogP contribution in [0.1, 0.15) is 28.8 Å². The Morgan fingerprint density at radius 1 is 1.39 bits per heavy atom. The van der Waals surface area contributed by atoms with Gasteiger partial charge in [-0.3, -0.25) is 4.79 Å². The van der Waals surface area contributed by atoms with Gasteiger partial charge in [-0.2, -0.15) is 5.10 Å². The number of halogens is 1. The third kappa shape index (κ3) is 3.71. The number of carbonyl (C=O) groups is 1. The highest BCUT2D eigenvalue weighted by Crippen LogP contribution is 2.18. The Balaban J connectivity index is 0.00000192. The molecule has 0 spiro atoms. The van der Waals surface area contributed by atoms with Crippen molar-refractivity contribution in [2.24, 2.45) is 0 Å². The third-order valence-electron chi connectivity index (χ3n) is 4.24. The fraction of sp³-hybridized carbons (Fsp3) is 0.438. The molecule has 0 aliphatic carbocycles. The van der Waals surface area contributed by atoms with Crippen LogP contribution < -0.4 is 5.32 Å². The maximum atomic E-state index is 12.7. The van der Waals surface area contributed by atoms with Gasteiger partial charge >= 0.3 is 0 Å². The third-order valence-corrected chi connectivity index (χ3v) is 4.24. The van der Waals surface area contributed by atoms with Gasteiger partial charge in [0.2, 0.25) is 0 Å². The molecule has 1 atom stereocenters. The molecule has 0 radical (unpaired) electrons. The first-order valence-electron chi connectivity index (χ1n) is 7.61. The summed E-state index contributed by atoms with van der Waals surface area (Å²) in [5, 5.41) is 7.38. The first kappa shape index (κ1) is 17.4. The molecule has 1 N–H and O–H groups in total. The lowest BCUT2D eigenvalue weighted by atomic mass is 10.0. The topological polar surface area (TPSA) is 63.1 Å². The van der Waals surface area contributed by atoms with Crippen molar-refractivity contribution in [3.8, 4) is 5.69 Å². The van der Waals surface area contributed by atoms with E-state index in [1.54, 1.807) is 11.0 Å². The molecule has 124 valence electrons. The summed E-state index contributed by atoms with van der Waals surface area (Å²) in [5.41, 5.74) is 2.64. The van der Waals surface area contributed by atoms with Crippen LogP contribution in [0.4, 0.5) is 0 Å². The minimum absolute atomic E-state index is 0. The zero-order valence-corrected chi connectivity index (χ0v) is 14.2. The fourth-order valence-electron chi connectivity index (χ4n) is 2.94. The highest BCUT2D eigenvalue weighted by Gasteiger charge is 2.24. The van der Waals surface area contributed by atoms with E-state index in [0.717, 1.165) is 42.7 Å². The molecular formula is C16H22ClN5O. The van der Waals surface area contributed by atoms with Crippen molar-refractivity contribution in [3.05, 3.63) is 42.0 Å². The van der Waals surface area contributed by atoms with Crippen LogP contribution in [0.25, 0.3) is 5.69 Å². The van der Waals surface area contributed by atoms with E-state index in [-0.39, 0.29) is 18.3 Å². The fourth-order valence-corrected chi connectivity index (χ4v) is 2.94. The number of hydrogen-bond donors (Lipinski definition) is 1. The summed E-state index contributed by atoms with van der Waals surface area (Å²) in [6.07, 6.45) is 5.33. The number of carbonyl (C=O) groups excluding carboxylic acids is 1. The molecule has 0 bridgehead atoms. The van der Waals surface area contributed by atoms with Gasteiger partial charge in [0, 0.05) is 24.7 Å². The number of nitrogens with zero attached hydrogens (tertiary/aromatic N) is 4. The molecule has 2 aromatic rings. The maximum Gasteiger partial charge on any atom is 0.254 e. The molecule has 1 saturated heterocycles. The Bertz CT molecular complexity index is 658. The van der Waals surface area contributed by atoms with Crippen molar-refractivity contribution in [2.45, 2.75) is 25.8 Å². The largest absolute Gasteiger partial charge is 0.337 e. The molecule has 6 nitrogen and oxygen atoms in total. The number of amides is 1.